The molecule has 0 N–H and O–H groups in total. The maximum Gasteiger partial charge on any atom is 0.167 e. The summed E-state index contributed by atoms with van der Waals surface area (Å²) in [4.78, 5) is 15.3. The molecule has 4 aliphatic carbocycles. The fraction of sp³-hybridized carbons (Fsp3) is 0.190. The second-order valence-corrected chi connectivity index (χ2v) is 19.6. The molecule has 0 bridgehead atoms. The number of fused-ring (bicyclic) bond motifs is 13. The Hall–Kier alpha value is -7.43. The first-order valence-corrected chi connectivity index (χ1v) is 24.5. The highest BCUT2D eigenvalue weighted by Crippen LogP contribution is 2.62. The lowest BCUT2D eigenvalue weighted by atomic mass is 9.66. The number of furan rings is 1. The maximum absolute atomic E-state index is 6.80. The molecule has 14 rings (SSSR count). The van der Waals surface area contributed by atoms with Crippen LogP contribution in [0.1, 0.15) is 86.5 Å². The summed E-state index contributed by atoms with van der Waals surface area (Å²) in [7, 11) is 0. The van der Waals surface area contributed by atoms with Gasteiger partial charge in [0.05, 0.1) is 5.56 Å². The molecule has 0 atom stereocenters. The van der Waals surface area contributed by atoms with Gasteiger partial charge >= 0.3 is 0 Å². The van der Waals surface area contributed by atoms with Gasteiger partial charge in [0.15, 0.2) is 17.5 Å². The van der Waals surface area contributed by atoms with Crippen LogP contribution in [0.4, 0.5) is 0 Å². The van der Waals surface area contributed by atoms with E-state index in [4.69, 9.17) is 19.4 Å². The summed E-state index contributed by atoms with van der Waals surface area (Å²) in [6, 6.07) is 64.3. The van der Waals surface area contributed by atoms with Crippen molar-refractivity contribution in [3.63, 3.8) is 0 Å². The van der Waals surface area contributed by atoms with E-state index in [0.29, 0.717) is 17.5 Å². The first-order valence-electron chi connectivity index (χ1n) is 24.5. The van der Waals surface area contributed by atoms with Crippen molar-refractivity contribution in [1.82, 2.24) is 15.0 Å². The van der Waals surface area contributed by atoms with E-state index in [2.05, 4.69) is 152 Å². The Bertz CT molecular complexity index is 3580. The molecule has 2 fully saturated rings. The fourth-order valence-corrected chi connectivity index (χ4v) is 12.9. The molecule has 0 amide bonds. The summed E-state index contributed by atoms with van der Waals surface area (Å²) in [5, 5.41) is 2.14. The van der Waals surface area contributed by atoms with Crippen LogP contribution in [-0.2, 0) is 10.8 Å². The second-order valence-electron chi connectivity index (χ2n) is 19.6. The van der Waals surface area contributed by atoms with E-state index in [0.717, 1.165) is 44.2 Å². The van der Waals surface area contributed by atoms with Gasteiger partial charge in [-0.05, 0) is 129 Å². The molecule has 0 unspecified atom stereocenters. The van der Waals surface area contributed by atoms with Crippen LogP contribution in [-0.4, -0.2) is 15.0 Å². The van der Waals surface area contributed by atoms with Crippen molar-refractivity contribution < 1.29 is 4.42 Å². The number of para-hydroxylation sites is 1. The molecule has 2 heterocycles. The lowest BCUT2D eigenvalue weighted by Gasteiger charge is -2.37. The topological polar surface area (TPSA) is 51.8 Å². The third-order valence-electron chi connectivity index (χ3n) is 16.1. The van der Waals surface area contributed by atoms with Gasteiger partial charge in [-0.15, -0.1) is 0 Å². The summed E-state index contributed by atoms with van der Waals surface area (Å²) in [6.07, 6.45) is 12.8. The summed E-state index contributed by atoms with van der Waals surface area (Å²) >= 11 is 0. The van der Waals surface area contributed by atoms with Crippen LogP contribution in [0.25, 0.3) is 101 Å². The van der Waals surface area contributed by atoms with Gasteiger partial charge in [0.25, 0.3) is 0 Å². The van der Waals surface area contributed by atoms with E-state index < -0.39 is 0 Å². The molecular weight excluding hydrogens is 815 g/mol. The lowest BCUT2D eigenvalue weighted by molar-refractivity contribution is 0.350. The Morgan fingerprint density at radius 1 is 0.313 bits per heavy atom. The highest BCUT2D eigenvalue weighted by molar-refractivity contribution is 6.10. The van der Waals surface area contributed by atoms with Crippen molar-refractivity contribution in [2.45, 2.75) is 75.0 Å². The van der Waals surface area contributed by atoms with Gasteiger partial charge in [-0.2, -0.15) is 0 Å². The summed E-state index contributed by atoms with van der Waals surface area (Å²) in [5.41, 5.74) is 21.5. The first-order chi connectivity index (χ1) is 33.1. The van der Waals surface area contributed by atoms with Crippen molar-refractivity contribution >= 4 is 21.9 Å². The third kappa shape index (κ3) is 5.94. The van der Waals surface area contributed by atoms with Gasteiger partial charge < -0.3 is 4.42 Å². The Morgan fingerprint density at radius 2 is 0.806 bits per heavy atom. The molecule has 4 heteroatoms. The van der Waals surface area contributed by atoms with Gasteiger partial charge in [-0.1, -0.05) is 178 Å². The number of rotatable bonds is 5. The molecule has 2 saturated carbocycles. The zero-order chi connectivity index (χ0) is 44.1. The van der Waals surface area contributed by atoms with Gasteiger partial charge in [0.2, 0.25) is 0 Å². The Labute approximate surface area is 391 Å². The van der Waals surface area contributed by atoms with Crippen molar-refractivity contribution in [3.05, 3.63) is 198 Å². The quantitative estimate of drug-likeness (QED) is 0.173. The van der Waals surface area contributed by atoms with E-state index in [1.54, 1.807) is 16.7 Å². The molecule has 2 aromatic heterocycles. The predicted octanol–water partition coefficient (Wildman–Crippen LogP) is 16.6. The smallest absolute Gasteiger partial charge is 0.167 e. The van der Waals surface area contributed by atoms with Gasteiger partial charge in [-0.3, -0.25) is 0 Å². The number of benzene rings is 8. The zero-order valence-corrected chi connectivity index (χ0v) is 37.6. The number of hydrogen-bond donors (Lipinski definition) is 0. The minimum atomic E-state index is 0.0402. The average molecular weight is 864 g/mol. The normalized spacial score (nSPS) is 16.3. The molecule has 0 radical (unpaired) electrons. The summed E-state index contributed by atoms with van der Waals surface area (Å²) in [6.45, 7) is 0. The van der Waals surface area contributed by atoms with Crippen molar-refractivity contribution in [1.29, 1.82) is 0 Å². The molecule has 4 aliphatic rings. The Balaban J connectivity index is 0.870. The Morgan fingerprint density at radius 3 is 1.51 bits per heavy atom. The maximum atomic E-state index is 6.80. The molecule has 0 saturated heterocycles. The highest BCUT2D eigenvalue weighted by Gasteiger charge is 2.49. The van der Waals surface area contributed by atoms with E-state index in [-0.39, 0.29) is 10.8 Å². The Kier molecular flexibility index (Phi) is 8.72. The largest absolute Gasteiger partial charge is 0.455 e. The highest BCUT2D eigenvalue weighted by atomic mass is 16.3. The molecule has 322 valence electrons. The summed E-state index contributed by atoms with van der Waals surface area (Å²) < 4.78 is 6.80. The molecular formula is C63H49N3O. The van der Waals surface area contributed by atoms with Crippen molar-refractivity contribution in [2.24, 2.45) is 0 Å². The van der Waals surface area contributed by atoms with Crippen LogP contribution >= 0.6 is 0 Å². The van der Waals surface area contributed by atoms with Crippen molar-refractivity contribution in [3.8, 4) is 78.7 Å². The third-order valence-corrected chi connectivity index (χ3v) is 16.1. The predicted molar refractivity (Wildman–Crippen MR) is 273 cm³/mol. The first kappa shape index (κ1) is 38.8. The number of aromatic nitrogens is 3. The molecule has 10 aromatic rings. The SMILES string of the molecule is c1ccc(-c2ccc(-c3nc(-c4ccccc4)nc(-c4cccc5c4oc4ccc(-c6ccc7c(c6)C6(CCCCC6)c6cc8c(cc6-7)C6(CCCCC6)c6ccccc6-8)cc45)n3)cc2)cc1. The minimum Gasteiger partial charge on any atom is -0.455 e. The molecule has 4 nitrogen and oxygen atoms in total. The van der Waals surface area contributed by atoms with E-state index in [1.165, 1.54) is 109 Å². The molecule has 2 spiro atoms. The van der Waals surface area contributed by atoms with Crippen LogP contribution in [0.2, 0.25) is 0 Å². The van der Waals surface area contributed by atoms with Crippen LogP contribution in [0.5, 0.6) is 0 Å². The summed E-state index contributed by atoms with van der Waals surface area (Å²) in [5.74, 6) is 1.83. The minimum absolute atomic E-state index is 0.0402. The van der Waals surface area contributed by atoms with Crippen LogP contribution < -0.4 is 0 Å². The second kappa shape index (κ2) is 15.1. The zero-order valence-electron chi connectivity index (χ0n) is 37.6. The standard InChI is InChI=1S/C63H49N3O/c1-5-16-40(17-6-1)41-24-26-43(27-25-41)60-64-59(42-18-7-2-8-19-42)65-61(66-60)49-22-15-21-48-52-36-44(29-31-57(52)67-58(48)49)45-28-30-47-51-39-55-50(38-56(51)63(54(47)37-45)34-13-4-14-35-63)46-20-9-10-23-53(46)62(55)32-11-3-12-33-62/h1-2,5-10,15-31,36-39H,3-4,11-14,32-35H2. The van der Waals surface area contributed by atoms with Gasteiger partial charge in [-0.25, -0.2) is 15.0 Å². The average Bonchev–Trinajstić information content (AvgIpc) is 4.00. The number of hydrogen-bond acceptors (Lipinski definition) is 4. The van der Waals surface area contributed by atoms with Gasteiger partial charge in [0, 0.05) is 32.7 Å². The fourth-order valence-electron chi connectivity index (χ4n) is 12.9. The van der Waals surface area contributed by atoms with E-state index in [9.17, 15) is 0 Å². The van der Waals surface area contributed by atoms with E-state index in [1.807, 2.05) is 24.3 Å². The number of nitrogens with zero attached hydrogens (tertiary/aromatic N) is 3. The van der Waals surface area contributed by atoms with E-state index >= 15 is 0 Å². The monoisotopic (exact) mass is 863 g/mol. The van der Waals surface area contributed by atoms with Crippen molar-refractivity contribution in [2.75, 3.05) is 0 Å². The van der Waals surface area contributed by atoms with Gasteiger partial charge in [0.1, 0.15) is 11.2 Å². The molecule has 0 aliphatic heterocycles. The molecule has 67 heavy (non-hydrogen) atoms. The van der Waals surface area contributed by atoms with Crippen LogP contribution in [0, 0.1) is 0 Å². The lowest BCUT2D eigenvalue weighted by Crippen LogP contribution is -2.29. The molecule has 8 aromatic carbocycles. The van der Waals surface area contributed by atoms with Crippen LogP contribution in [0.3, 0.4) is 0 Å². The van der Waals surface area contributed by atoms with Crippen LogP contribution in [0.15, 0.2) is 180 Å².